The SMILES string of the molecule is C[C@H]1N(C(=O)Cn2c3ccccc3c3c(N)ncnc32)[C@H](C(=O)Nc2cccc(Br)n2)CC1(C)C. The van der Waals surface area contributed by atoms with Crippen molar-refractivity contribution in [2.75, 3.05) is 11.1 Å². The van der Waals surface area contributed by atoms with E-state index in [-0.39, 0.29) is 29.8 Å². The summed E-state index contributed by atoms with van der Waals surface area (Å²) >= 11 is 3.33. The Bertz CT molecular complexity index is 1470. The molecular weight excluding hydrogens is 510 g/mol. The van der Waals surface area contributed by atoms with Crippen LogP contribution in [0, 0.1) is 5.41 Å². The van der Waals surface area contributed by atoms with Gasteiger partial charge in [-0.25, -0.2) is 15.0 Å². The van der Waals surface area contributed by atoms with Crippen molar-refractivity contribution in [2.24, 2.45) is 5.41 Å². The molecule has 0 unspecified atom stereocenters. The highest BCUT2D eigenvalue weighted by molar-refractivity contribution is 9.10. The summed E-state index contributed by atoms with van der Waals surface area (Å²) in [6.07, 6.45) is 1.95. The molecule has 1 aliphatic heterocycles. The van der Waals surface area contributed by atoms with Crippen LogP contribution in [0.1, 0.15) is 27.2 Å². The van der Waals surface area contributed by atoms with Crippen molar-refractivity contribution < 1.29 is 9.59 Å². The van der Waals surface area contributed by atoms with Crippen LogP contribution >= 0.6 is 15.9 Å². The molecule has 3 N–H and O–H groups in total. The van der Waals surface area contributed by atoms with Gasteiger partial charge in [0.25, 0.3) is 0 Å². The molecule has 1 fully saturated rings. The smallest absolute Gasteiger partial charge is 0.248 e. The molecule has 0 bridgehead atoms. The molecule has 4 aromatic rings. The van der Waals surface area contributed by atoms with Crippen LogP contribution in [-0.2, 0) is 16.1 Å². The molecule has 0 spiro atoms. The van der Waals surface area contributed by atoms with Crippen LogP contribution in [0.5, 0.6) is 0 Å². The predicted molar refractivity (Wildman–Crippen MR) is 139 cm³/mol. The maximum absolute atomic E-state index is 13.8. The Kier molecular flexibility index (Phi) is 5.71. The van der Waals surface area contributed by atoms with Gasteiger partial charge >= 0.3 is 0 Å². The average Bonchev–Trinajstić information content (AvgIpc) is 3.26. The molecule has 1 aliphatic rings. The lowest BCUT2D eigenvalue weighted by molar-refractivity contribution is -0.139. The maximum atomic E-state index is 13.8. The standard InChI is InChI=1S/C25H26BrN7O2/c1-14-25(2,3)11-17(24(35)31-19-10-6-9-18(26)30-19)33(14)20(34)12-32-16-8-5-4-7-15(16)21-22(27)28-13-29-23(21)32/h4-10,13-14,17H,11-12H2,1-3H3,(H2,27,28,29)(H,30,31,35)/t14-,17+/m1/s1. The summed E-state index contributed by atoms with van der Waals surface area (Å²) in [5, 5.41) is 4.49. The second kappa shape index (κ2) is 8.60. The minimum absolute atomic E-state index is 0.0276. The summed E-state index contributed by atoms with van der Waals surface area (Å²) in [7, 11) is 0. The summed E-state index contributed by atoms with van der Waals surface area (Å²) in [5.41, 5.74) is 7.37. The summed E-state index contributed by atoms with van der Waals surface area (Å²) in [6, 6.07) is 12.2. The first kappa shape index (κ1) is 23.2. The number of nitrogens with two attached hydrogens (primary N) is 1. The number of halogens is 1. The first-order valence-electron chi connectivity index (χ1n) is 11.4. The second-order valence-electron chi connectivity index (χ2n) is 9.58. The number of anilines is 2. The fourth-order valence-corrected chi connectivity index (χ4v) is 5.32. The fraction of sp³-hybridized carbons (Fsp3) is 0.320. The zero-order valence-corrected chi connectivity index (χ0v) is 21.3. The third kappa shape index (κ3) is 4.01. The van der Waals surface area contributed by atoms with E-state index in [1.165, 1.54) is 6.33 Å². The Labute approximate surface area is 210 Å². The van der Waals surface area contributed by atoms with Gasteiger partial charge in [-0.3, -0.25) is 9.59 Å². The van der Waals surface area contributed by atoms with Gasteiger partial charge in [-0.2, -0.15) is 0 Å². The van der Waals surface area contributed by atoms with Crippen molar-refractivity contribution in [3.05, 3.63) is 53.4 Å². The molecule has 9 nitrogen and oxygen atoms in total. The van der Waals surface area contributed by atoms with Crippen LogP contribution in [0.2, 0.25) is 0 Å². The number of fused-ring (bicyclic) bond motifs is 3. The number of hydrogen-bond acceptors (Lipinski definition) is 6. The van der Waals surface area contributed by atoms with Gasteiger partial charge < -0.3 is 20.5 Å². The quantitative estimate of drug-likeness (QED) is 0.381. The number of carbonyl (C=O) groups excluding carboxylic acids is 2. The summed E-state index contributed by atoms with van der Waals surface area (Å²) in [4.78, 5) is 41.7. The number of para-hydroxylation sites is 1. The van der Waals surface area contributed by atoms with E-state index in [0.717, 1.165) is 16.3 Å². The van der Waals surface area contributed by atoms with E-state index >= 15 is 0 Å². The van der Waals surface area contributed by atoms with Gasteiger partial charge in [0, 0.05) is 11.4 Å². The highest BCUT2D eigenvalue weighted by Gasteiger charge is 2.49. The molecule has 0 aliphatic carbocycles. The Morgan fingerprint density at radius 3 is 2.71 bits per heavy atom. The normalized spacial score (nSPS) is 19.4. The van der Waals surface area contributed by atoms with E-state index in [0.29, 0.717) is 28.3 Å². The summed E-state index contributed by atoms with van der Waals surface area (Å²) in [5.74, 6) is 0.385. The molecule has 1 saturated heterocycles. The van der Waals surface area contributed by atoms with E-state index in [1.54, 1.807) is 23.1 Å². The highest BCUT2D eigenvalue weighted by Crippen LogP contribution is 2.41. The molecule has 0 saturated carbocycles. The maximum Gasteiger partial charge on any atom is 0.248 e. The van der Waals surface area contributed by atoms with Gasteiger partial charge in [0.05, 0.1) is 10.9 Å². The summed E-state index contributed by atoms with van der Waals surface area (Å²) in [6.45, 7) is 6.18. The van der Waals surface area contributed by atoms with Gasteiger partial charge in [0.1, 0.15) is 40.8 Å². The number of likely N-dealkylation sites (tertiary alicyclic amines) is 1. The molecular formula is C25H26BrN7O2. The minimum atomic E-state index is -0.624. The predicted octanol–water partition coefficient (Wildman–Crippen LogP) is 3.98. The molecule has 4 heterocycles. The van der Waals surface area contributed by atoms with E-state index < -0.39 is 6.04 Å². The molecule has 0 radical (unpaired) electrons. The topological polar surface area (TPSA) is 119 Å². The number of aromatic nitrogens is 4. The monoisotopic (exact) mass is 535 g/mol. The lowest BCUT2D eigenvalue weighted by atomic mass is 9.84. The summed E-state index contributed by atoms with van der Waals surface area (Å²) < 4.78 is 2.48. The Hall–Kier alpha value is -3.53. The first-order valence-corrected chi connectivity index (χ1v) is 12.2. The molecule has 180 valence electrons. The van der Waals surface area contributed by atoms with Crippen molar-refractivity contribution in [1.82, 2.24) is 24.4 Å². The van der Waals surface area contributed by atoms with E-state index in [2.05, 4.69) is 50.0 Å². The Balaban J connectivity index is 1.50. The van der Waals surface area contributed by atoms with Crippen molar-refractivity contribution >= 4 is 61.3 Å². The number of nitrogens with one attached hydrogen (secondary N) is 1. The van der Waals surface area contributed by atoms with Gasteiger partial charge in [-0.1, -0.05) is 38.1 Å². The highest BCUT2D eigenvalue weighted by atomic mass is 79.9. The number of carbonyl (C=O) groups is 2. The van der Waals surface area contributed by atoms with E-state index in [4.69, 9.17) is 5.73 Å². The van der Waals surface area contributed by atoms with Gasteiger partial charge in [0.2, 0.25) is 11.8 Å². The number of rotatable bonds is 4. The van der Waals surface area contributed by atoms with Crippen molar-refractivity contribution in [2.45, 2.75) is 45.8 Å². The molecule has 3 aromatic heterocycles. The second-order valence-corrected chi connectivity index (χ2v) is 10.4. The van der Waals surface area contributed by atoms with Crippen molar-refractivity contribution in [3.8, 4) is 0 Å². The molecule has 1 aromatic carbocycles. The zero-order chi connectivity index (χ0) is 24.9. The fourth-order valence-electron chi connectivity index (χ4n) is 4.97. The van der Waals surface area contributed by atoms with Crippen molar-refractivity contribution in [3.63, 3.8) is 0 Å². The van der Waals surface area contributed by atoms with Gasteiger partial charge in [-0.05, 0) is 52.9 Å². The zero-order valence-electron chi connectivity index (χ0n) is 19.7. The number of benzene rings is 1. The van der Waals surface area contributed by atoms with E-state index in [9.17, 15) is 9.59 Å². The van der Waals surface area contributed by atoms with Gasteiger partial charge in [-0.15, -0.1) is 0 Å². The van der Waals surface area contributed by atoms with Gasteiger partial charge in [0.15, 0.2) is 0 Å². The third-order valence-electron chi connectivity index (χ3n) is 7.03. The minimum Gasteiger partial charge on any atom is -0.383 e. The van der Waals surface area contributed by atoms with E-state index in [1.807, 2.05) is 35.8 Å². The number of nitrogens with zero attached hydrogens (tertiary/aromatic N) is 5. The first-order chi connectivity index (χ1) is 16.7. The van der Waals surface area contributed by atoms with Crippen molar-refractivity contribution in [1.29, 1.82) is 0 Å². The third-order valence-corrected chi connectivity index (χ3v) is 7.47. The average molecular weight is 536 g/mol. The molecule has 2 atom stereocenters. The molecule has 2 amide bonds. The lowest BCUT2D eigenvalue weighted by Gasteiger charge is -2.31. The molecule has 5 rings (SSSR count). The van der Waals surface area contributed by atoms with Crippen LogP contribution in [0.25, 0.3) is 21.9 Å². The largest absolute Gasteiger partial charge is 0.383 e. The number of pyridine rings is 1. The van der Waals surface area contributed by atoms with Crippen LogP contribution in [0.4, 0.5) is 11.6 Å². The molecule has 10 heteroatoms. The Morgan fingerprint density at radius 1 is 1.17 bits per heavy atom. The lowest BCUT2D eigenvalue weighted by Crippen LogP contribution is -2.48. The number of hydrogen-bond donors (Lipinski definition) is 2. The van der Waals surface area contributed by atoms with Crippen LogP contribution in [0.3, 0.4) is 0 Å². The number of nitrogen functional groups attached to an aromatic ring is 1. The van der Waals surface area contributed by atoms with Crippen LogP contribution in [0.15, 0.2) is 53.4 Å². The van der Waals surface area contributed by atoms with Crippen LogP contribution in [-0.4, -0.2) is 48.3 Å². The molecule has 35 heavy (non-hydrogen) atoms. The van der Waals surface area contributed by atoms with Crippen LogP contribution < -0.4 is 11.1 Å². The number of amides is 2. The Morgan fingerprint density at radius 2 is 1.94 bits per heavy atom.